The highest BCUT2D eigenvalue weighted by atomic mass is 15.3. The maximum atomic E-state index is 3.79. The van der Waals surface area contributed by atoms with Gasteiger partial charge < -0.3 is 5.32 Å². The summed E-state index contributed by atoms with van der Waals surface area (Å²) in [6.45, 7) is 10.9. The summed E-state index contributed by atoms with van der Waals surface area (Å²) in [5.41, 5.74) is 0.530. The van der Waals surface area contributed by atoms with Crippen molar-refractivity contribution in [3.8, 4) is 0 Å². The molecule has 1 saturated carbocycles. The van der Waals surface area contributed by atoms with Crippen LogP contribution in [0.4, 0.5) is 0 Å². The van der Waals surface area contributed by atoms with Gasteiger partial charge >= 0.3 is 0 Å². The van der Waals surface area contributed by atoms with Crippen molar-refractivity contribution in [2.75, 3.05) is 19.6 Å². The van der Waals surface area contributed by atoms with E-state index in [1.807, 2.05) is 0 Å². The fourth-order valence-corrected chi connectivity index (χ4v) is 3.79. The number of nitrogens with one attached hydrogen (secondary N) is 1. The van der Waals surface area contributed by atoms with Crippen LogP contribution in [0.1, 0.15) is 65.7 Å². The summed E-state index contributed by atoms with van der Waals surface area (Å²) in [4.78, 5) is 2.85. The van der Waals surface area contributed by atoms with Crippen molar-refractivity contribution in [1.82, 2.24) is 10.2 Å². The van der Waals surface area contributed by atoms with Crippen molar-refractivity contribution >= 4 is 0 Å². The summed E-state index contributed by atoms with van der Waals surface area (Å²) >= 11 is 0. The minimum Gasteiger partial charge on any atom is -0.311 e. The molecule has 2 aliphatic rings. The predicted molar refractivity (Wildman–Crippen MR) is 78.9 cm³/mol. The van der Waals surface area contributed by atoms with E-state index < -0.39 is 0 Å². The monoisotopic (exact) mass is 252 g/mol. The standard InChI is InChI=1S/C16H32N2/c1-4-15-12-18(11-7-8-14(2)3)16(13-17-15)9-5-6-10-16/h14-15,17H,4-13H2,1-3H3. The van der Waals surface area contributed by atoms with Gasteiger partial charge in [0.25, 0.3) is 0 Å². The third-order valence-electron chi connectivity index (χ3n) is 5.07. The van der Waals surface area contributed by atoms with Crippen LogP contribution in [0.3, 0.4) is 0 Å². The summed E-state index contributed by atoms with van der Waals surface area (Å²) in [5, 5.41) is 3.79. The Balaban J connectivity index is 1.91. The van der Waals surface area contributed by atoms with E-state index in [1.54, 1.807) is 0 Å². The predicted octanol–water partition coefficient (Wildman–Crippen LogP) is 3.42. The van der Waals surface area contributed by atoms with Crippen LogP contribution in [0.5, 0.6) is 0 Å². The molecule has 1 atom stereocenters. The number of nitrogens with zero attached hydrogens (tertiary/aromatic N) is 1. The molecule has 1 heterocycles. The average Bonchev–Trinajstić information content (AvgIpc) is 2.81. The molecule has 1 N–H and O–H groups in total. The van der Waals surface area contributed by atoms with E-state index in [0.717, 1.165) is 12.0 Å². The zero-order chi connectivity index (χ0) is 13.0. The molecule has 2 nitrogen and oxygen atoms in total. The van der Waals surface area contributed by atoms with Crippen molar-refractivity contribution < 1.29 is 0 Å². The highest BCUT2D eigenvalue weighted by Gasteiger charge is 2.42. The van der Waals surface area contributed by atoms with Crippen LogP contribution in [0, 0.1) is 5.92 Å². The molecule has 1 saturated heterocycles. The minimum atomic E-state index is 0.530. The molecule has 0 aromatic carbocycles. The van der Waals surface area contributed by atoms with E-state index in [0.29, 0.717) is 5.54 Å². The number of hydrogen-bond donors (Lipinski definition) is 1. The van der Waals surface area contributed by atoms with E-state index in [-0.39, 0.29) is 0 Å². The lowest BCUT2D eigenvalue weighted by Crippen LogP contribution is -2.63. The molecule has 2 fully saturated rings. The average molecular weight is 252 g/mol. The highest BCUT2D eigenvalue weighted by molar-refractivity contribution is 5.01. The second-order valence-corrected chi connectivity index (χ2v) is 6.90. The first kappa shape index (κ1) is 14.3. The fraction of sp³-hybridized carbons (Fsp3) is 1.00. The van der Waals surface area contributed by atoms with Crippen LogP contribution in [0.2, 0.25) is 0 Å². The summed E-state index contributed by atoms with van der Waals surface area (Å²) in [6.07, 6.45) is 9.79. The largest absolute Gasteiger partial charge is 0.311 e. The maximum absolute atomic E-state index is 3.79. The van der Waals surface area contributed by atoms with Crippen molar-refractivity contribution in [3.63, 3.8) is 0 Å². The van der Waals surface area contributed by atoms with E-state index >= 15 is 0 Å². The van der Waals surface area contributed by atoms with Crippen molar-refractivity contribution in [2.45, 2.75) is 77.3 Å². The minimum absolute atomic E-state index is 0.530. The Morgan fingerprint density at radius 1 is 1.28 bits per heavy atom. The first-order valence-electron chi connectivity index (χ1n) is 8.15. The first-order chi connectivity index (χ1) is 8.66. The van der Waals surface area contributed by atoms with Crippen LogP contribution in [0.15, 0.2) is 0 Å². The van der Waals surface area contributed by atoms with E-state index in [4.69, 9.17) is 0 Å². The summed E-state index contributed by atoms with van der Waals surface area (Å²) in [5.74, 6) is 0.856. The van der Waals surface area contributed by atoms with Crippen LogP contribution in [-0.4, -0.2) is 36.1 Å². The quantitative estimate of drug-likeness (QED) is 0.806. The molecule has 1 aliphatic carbocycles. The molecule has 0 radical (unpaired) electrons. The third-order valence-corrected chi connectivity index (χ3v) is 5.07. The zero-order valence-electron chi connectivity index (χ0n) is 12.7. The van der Waals surface area contributed by atoms with Crippen LogP contribution >= 0.6 is 0 Å². The van der Waals surface area contributed by atoms with Gasteiger partial charge in [-0.25, -0.2) is 0 Å². The molecule has 0 amide bonds. The van der Waals surface area contributed by atoms with E-state index in [1.165, 1.54) is 64.6 Å². The molecule has 0 aromatic rings. The van der Waals surface area contributed by atoms with Crippen molar-refractivity contribution in [3.05, 3.63) is 0 Å². The topological polar surface area (TPSA) is 15.3 Å². The van der Waals surface area contributed by atoms with Gasteiger partial charge in [0.2, 0.25) is 0 Å². The summed E-state index contributed by atoms with van der Waals surface area (Å²) < 4.78 is 0. The Labute approximate surface area is 114 Å². The molecule has 1 spiro atoms. The number of rotatable bonds is 5. The molecular weight excluding hydrogens is 220 g/mol. The SMILES string of the molecule is CCC1CN(CCCC(C)C)C2(CCCC2)CN1. The third kappa shape index (κ3) is 3.27. The molecule has 2 heteroatoms. The van der Waals surface area contributed by atoms with Crippen LogP contribution < -0.4 is 5.32 Å². The van der Waals surface area contributed by atoms with Gasteiger partial charge in [-0.15, -0.1) is 0 Å². The summed E-state index contributed by atoms with van der Waals surface area (Å²) in [6, 6.07) is 0.732. The van der Waals surface area contributed by atoms with Crippen LogP contribution in [0.25, 0.3) is 0 Å². The Morgan fingerprint density at radius 2 is 2.00 bits per heavy atom. The van der Waals surface area contributed by atoms with Gasteiger partial charge in [0, 0.05) is 24.7 Å². The molecule has 2 rings (SSSR count). The molecule has 0 bridgehead atoms. The molecular formula is C16H32N2. The van der Waals surface area contributed by atoms with Gasteiger partial charge in [0.05, 0.1) is 0 Å². The van der Waals surface area contributed by atoms with Gasteiger partial charge in [0.1, 0.15) is 0 Å². The molecule has 0 aromatic heterocycles. The normalized spacial score (nSPS) is 28.3. The van der Waals surface area contributed by atoms with Gasteiger partial charge in [0.15, 0.2) is 0 Å². The Morgan fingerprint density at radius 3 is 2.61 bits per heavy atom. The lowest BCUT2D eigenvalue weighted by Gasteiger charge is -2.48. The summed E-state index contributed by atoms with van der Waals surface area (Å²) in [7, 11) is 0. The van der Waals surface area contributed by atoms with E-state index in [2.05, 4.69) is 31.0 Å². The van der Waals surface area contributed by atoms with Crippen molar-refractivity contribution in [2.24, 2.45) is 5.92 Å². The van der Waals surface area contributed by atoms with E-state index in [9.17, 15) is 0 Å². The first-order valence-corrected chi connectivity index (χ1v) is 8.15. The molecule has 1 aliphatic heterocycles. The fourth-order valence-electron chi connectivity index (χ4n) is 3.79. The second kappa shape index (κ2) is 6.38. The van der Waals surface area contributed by atoms with Gasteiger partial charge in [-0.05, 0) is 44.6 Å². The van der Waals surface area contributed by atoms with Gasteiger partial charge in [-0.2, -0.15) is 0 Å². The molecule has 1 unspecified atom stereocenters. The molecule has 18 heavy (non-hydrogen) atoms. The molecule has 106 valence electrons. The van der Waals surface area contributed by atoms with Crippen LogP contribution in [-0.2, 0) is 0 Å². The maximum Gasteiger partial charge on any atom is 0.0334 e. The Hall–Kier alpha value is -0.0800. The number of hydrogen-bond acceptors (Lipinski definition) is 2. The van der Waals surface area contributed by atoms with Gasteiger partial charge in [-0.1, -0.05) is 33.6 Å². The smallest absolute Gasteiger partial charge is 0.0334 e. The highest BCUT2D eigenvalue weighted by Crippen LogP contribution is 2.37. The number of piperazine rings is 1. The lowest BCUT2D eigenvalue weighted by molar-refractivity contribution is 0.0400. The van der Waals surface area contributed by atoms with Crippen molar-refractivity contribution in [1.29, 1.82) is 0 Å². The lowest BCUT2D eigenvalue weighted by atomic mass is 9.90. The van der Waals surface area contributed by atoms with Gasteiger partial charge in [-0.3, -0.25) is 4.90 Å². The zero-order valence-corrected chi connectivity index (χ0v) is 12.7. The second-order valence-electron chi connectivity index (χ2n) is 6.90. The Bertz CT molecular complexity index is 243. The Kier molecular flexibility index (Phi) is 5.08.